The first-order chi connectivity index (χ1) is 13.9. The molecule has 0 aliphatic heterocycles. The van der Waals surface area contributed by atoms with Crippen molar-refractivity contribution < 1.29 is 5.11 Å². The van der Waals surface area contributed by atoms with Crippen LogP contribution >= 0.6 is 0 Å². The molecule has 4 rings (SSSR count). The summed E-state index contributed by atoms with van der Waals surface area (Å²) in [5.74, 6) is 0.495. The van der Waals surface area contributed by atoms with Crippen LogP contribution in [-0.4, -0.2) is 24.9 Å². The van der Waals surface area contributed by atoms with Gasteiger partial charge in [-0.1, -0.05) is 44.2 Å². The lowest BCUT2D eigenvalue weighted by molar-refractivity contribution is 0.198. The van der Waals surface area contributed by atoms with Gasteiger partial charge in [0, 0.05) is 29.8 Å². The van der Waals surface area contributed by atoms with E-state index in [0.29, 0.717) is 5.92 Å². The van der Waals surface area contributed by atoms with Crippen molar-refractivity contribution in [1.29, 1.82) is 0 Å². The second-order valence-electron chi connectivity index (χ2n) is 8.00. The minimum absolute atomic E-state index is 0.495. The van der Waals surface area contributed by atoms with Gasteiger partial charge in [0.1, 0.15) is 12.0 Å². The van der Waals surface area contributed by atoms with Crippen LogP contribution in [0.2, 0.25) is 0 Å². The summed E-state index contributed by atoms with van der Waals surface area (Å²) in [5, 5.41) is 16.0. The zero-order chi connectivity index (χ0) is 20.5. The summed E-state index contributed by atoms with van der Waals surface area (Å²) in [6.07, 6.45) is 3.95. The fourth-order valence-electron chi connectivity index (χ4n) is 3.85. The molecule has 0 spiro atoms. The largest absolute Gasteiger partial charge is 0.389 e. The molecule has 29 heavy (non-hydrogen) atoms. The monoisotopic (exact) mass is 386 g/mol. The van der Waals surface area contributed by atoms with Crippen molar-refractivity contribution in [3.63, 3.8) is 0 Å². The molecule has 1 atom stereocenters. The van der Waals surface area contributed by atoms with Crippen molar-refractivity contribution in [3.05, 3.63) is 66.1 Å². The topological polar surface area (TPSA) is 63.8 Å². The Labute approximate surface area is 171 Å². The van der Waals surface area contributed by atoms with E-state index >= 15 is 0 Å². The van der Waals surface area contributed by atoms with E-state index in [9.17, 15) is 5.11 Å². The smallest absolute Gasteiger partial charge is 0.116 e. The van der Waals surface area contributed by atoms with Gasteiger partial charge in [-0.2, -0.15) is 5.10 Å². The molecule has 2 aromatic heterocycles. The Morgan fingerprint density at radius 2 is 1.76 bits per heavy atom. The average Bonchev–Trinajstić information content (AvgIpc) is 3.08. The third kappa shape index (κ3) is 3.78. The van der Waals surface area contributed by atoms with Crippen LogP contribution in [0.15, 0.2) is 55.0 Å². The SMILES string of the molecule is CC(C)Cc1cc2ncnc(-c3cn(C)nc3-c3ccccc3)c2cc1[C@@H](C)O. The second-order valence-corrected chi connectivity index (χ2v) is 8.00. The first-order valence-corrected chi connectivity index (χ1v) is 9.99. The Hall–Kier alpha value is -3.05. The predicted molar refractivity (Wildman–Crippen MR) is 116 cm³/mol. The number of aliphatic hydroxyl groups excluding tert-OH is 1. The molecule has 5 heteroatoms. The lowest BCUT2D eigenvalue weighted by atomic mass is 9.92. The molecule has 0 saturated heterocycles. The highest BCUT2D eigenvalue weighted by molar-refractivity contribution is 5.96. The first kappa shape index (κ1) is 19.3. The van der Waals surface area contributed by atoms with Gasteiger partial charge < -0.3 is 5.11 Å². The van der Waals surface area contributed by atoms with Crippen LogP contribution in [0.4, 0.5) is 0 Å². The molecule has 5 nitrogen and oxygen atoms in total. The summed E-state index contributed by atoms with van der Waals surface area (Å²) in [6.45, 7) is 6.18. The molecule has 0 unspecified atom stereocenters. The van der Waals surface area contributed by atoms with Crippen molar-refractivity contribution in [2.24, 2.45) is 13.0 Å². The Balaban J connectivity index is 1.96. The summed E-state index contributed by atoms with van der Waals surface area (Å²) in [7, 11) is 1.92. The van der Waals surface area contributed by atoms with Crippen molar-refractivity contribution in [2.75, 3.05) is 0 Å². The fourth-order valence-corrected chi connectivity index (χ4v) is 3.85. The Morgan fingerprint density at radius 3 is 2.45 bits per heavy atom. The van der Waals surface area contributed by atoms with E-state index < -0.39 is 6.10 Å². The van der Waals surface area contributed by atoms with Crippen LogP contribution in [0.25, 0.3) is 33.4 Å². The van der Waals surface area contributed by atoms with E-state index in [2.05, 4.69) is 53.2 Å². The highest BCUT2D eigenvalue weighted by atomic mass is 16.3. The zero-order valence-corrected chi connectivity index (χ0v) is 17.3. The molecule has 148 valence electrons. The number of rotatable bonds is 5. The molecule has 2 heterocycles. The number of fused-ring (bicyclic) bond motifs is 1. The predicted octanol–water partition coefficient (Wildman–Crippen LogP) is 4.95. The Bertz CT molecular complexity index is 1150. The lowest BCUT2D eigenvalue weighted by Crippen LogP contribution is -2.04. The van der Waals surface area contributed by atoms with Gasteiger partial charge in [0.25, 0.3) is 0 Å². The van der Waals surface area contributed by atoms with Crippen LogP contribution in [0.5, 0.6) is 0 Å². The number of aromatic nitrogens is 4. The van der Waals surface area contributed by atoms with Crippen molar-refractivity contribution in [1.82, 2.24) is 19.7 Å². The number of aliphatic hydroxyl groups is 1. The average molecular weight is 386 g/mol. The highest BCUT2D eigenvalue weighted by Crippen LogP contribution is 2.35. The van der Waals surface area contributed by atoms with E-state index in [1.54, 1.807) is 6.33 Å². The summed E-state index contributed by atoms with van der Waals surface area (Å²) in [6, 6.07) is 14.3. The molecule has 0 aliphatic carbocycles. The van der Waals surface area contributed by atoms with E-state index in [1.165, 1.54) is 0 Å². The molecule has 1 N–H and O–H groups in total. The third-order valence-electron chi connectivity index (χ3n) is 5.11. The fraction of sp³-hybridized carbons (Fsp3) is 0.292. The summed E-state index contributed by atoms with van der Waals surface area (Å²) in [5.41, 5.74) is 6.69. The molecule has 2 aromatic carbocycles. The van der Waals surface area contributed by atoms with Gasteiger partial charge in [-0.25, -0.2) is 9.97 Å². The van der Waals surface area contributed by atoms with E-state index in [0.717, 1.165) is 51.0 Å². The van der Waals surface area contributed by atoms with Crippen molar-refractivity contribution in [2.45, 2.75) is 33.3 Å². The van der Waals surface area contributed by atoms with Gasteiger partial charge in [-0.05, 0) is 42.5 Å². The van der Waals surface area contributed by atoms with Crippen molar-refractivity contribution in [3.8, 4) is 22.5 Å². The van der Waals surface area contributed by atoms with E-state index in [1.807, 2.05) is 43.0 Å². The van der Waals surface area contributed by atoms with Crippen LogP contribution in [0, 0.1) is 5.92 Å². The summed E-state index contributed by atoms with van der Waals surface area (Å²) < 4.78 is 1.81. The van der Waals surface area contributed by atoms with E-state index in [-0.39, 0.29) is 0 Å². The number of benzene rings is 2. The maximum atomic E-state index is 10.4. The molecule has 0 saturated carbocycles. The van der Waals surface area contributed by atoms with Crippen LogP contribution in [0.1, 0.15) is 38.0 Å². The molecular formula is C24H26N4O. The van der Waals surface area contributed by atoms with Gasteiger partial charge in [0.15, 0.2) is 0 Å². The van der Waals surface area contributed by atoms with Crippen molar-refractivity contribution >= 4 is 10.9 Å². The minimum atomic E-state index is -0.552. The standard InChI is InChI=1S/C24H26N4O/c1-15(2)10-18-11-22-20(12-19(18)16(3)29)24(26-14-25-22)21-13-28(4)27-23(21)17-8-6-5-7-9-17/h5-9,11-16,29H,10H2,1-4H3/t16-/m1/s1. The van der Waals surface area contributed by atoms with Gasteiger partial charge in [-0.3, -0.25) is 4.68 Å². The second kappa shape index (κ2) is 7.76. The molecule has 0 fully saturated rings. The number of hydrogen-bond donors (Lipinski definition) is 1. The van der Waals surface area contributed by atoms with Gasteiger partial charge in [0.2, 0.25) is 0 Å². The quantitative estimate of drug-likeness (QED) is 0.527. The highest BCUT2D eigenvalue weighted by Gasteiger charge is 2.19. The summed E-state index contributed by atoms with van der Waals surface area (Å²) >= 11 is 0. The molecule has 0 aliphatic rings. The molecule has 0 amide bonds. The lowest BCUT2D eigenvalue weighted by Gasteiger charge is -2.16. The number of aryl methyl sites for hydroxylation is 1. The van der Waals surface area contributed by atoms with Crippen LogP contribution in [0.3, 0.4) is 0 Å². The minimum Gasteiger partial charge on any atom is -0.389 e. The number of hydrogen-bond acceptors (Lipinski definition) is 4. The zero-order valence-electron chi connectivity index (χ0n) is 17.3. The van der Waals surface area contributed by atoms with E-state index in [4.69, 9.17) is 0 Å². The summed E-state index contributed by atoms with van der Waals surface area (Å²) in [4.78, 5) is 9.15. The molecule has 0 bridgehead atoms. The van der Waals surface area contributed by atoms with Gasteiger partial charge in [-0.15, -0.1) is 0 Å². The molecular weight excluding hydrogens is 360 g/mol. The Kier molecular flexibility index (Phi) is 5.16. The first-order valence-electron chi connectivity index (χ1n) is 9.99. The maximum absolute atomic E-state index is 10.4. The number of nitrogens with zero attached hydrogens (tertiary/aromatic N) is 4. The molecule has 4 aromatic rings. The van der Waals surface area contributed by atoms with Gasteiger partial charge in [0.05, 0.1) is 17.3 Å². The normalized spacial score (nSPS) is 12.6. The van der Waals surface area contributed by atoms with Crippen LogP contribution in [-0.2, 0) is 13.5 Å². The van der Waals surface area contributed by atoms with Gasteiger partial charge >= 0.3 is 0 Å². The van der Waals surface area contributed by atoms with Crippen LogP contribution < -0.4 is 0 Å². The Morgan fingerprint density at radius 1 is 1.00 bits per heavy atom. The third-order valence-corrected chi connectivity index (χ3v) is 5.11. The maximum Gasteiger partial charge on any atom is 0.116 e. The molecule has 0 radical (unpaired) electrons.